The molecule has 0 heterocycles. The molecule has 6 heteroatoms. The van der Waals surface area contributed by atoms with Crippen LogP contribution in [0.5, 0.6) is 23.0 Å². The first-order valence-corrected chi connectivity index (χ1v) is 11.0. The van der Waals surface area contributed by atoms with Crippen molar-refractivity contribution in [2.75, 3.05) is 26.1 Å². The van der Waals surface area contributed by atoms with E-state index < -0.39 is 0 Å². The van der Waals surface area contributed by atoms with Crippen LogP contribution in [-0.2, 0) is 6.61 Å². The number of hydrogen-bond acceptors (Lipinski definition) is 5. The van der Waals surface area contributed by atoms with Crippen LogP contribution in [0.4, 0.5) is 5.69 Å². The second kappa shape index (κ2) is 10.6. The fourth-order valence-corrected chi connectivity index (χ4v) is 3.67. The summed E-state index contributed by atoms with van der Waals surface area (Å²) >= 11 is 0. The van der Waals surface area contributed by atoms with Crippen LogP contribution in [0.3, 0.4) is 0 Å². The van der Waals surface area contributed by atoms with E-state index in [1.54, 1.807) is 50.6 Å². The van der Waals surface area contributed by atoms with Gasteiger partial charge in [0.1, 0.15) is 18.1 Å². The van der Waals surface area contributed by atoms with Gasteiger partial charge in [0.2, 0.25) is 0 Å². The van der Waals surface area contributed by atoms with Gasteiger partial charge in [0.15, 0.2) is 11.5 Å². The Balaban J connectivity index is 1.53. The van der Waals surface area contributed by atoms with Crippen molar-refractivity contribution in [1.82, 2.24) is 0 Å². The Bertz CT molecular complexity index is 1300. The molecule has 4 rings (SSSR count). The molecule has 0 atom stereocenters. The average Bonchev–Trinajstić information content (AvgIpc) is 2.88. The standard InChI is InChI=1S/C28H27NO5/c1-4-33-25-13-10-21(28(30)29-23-11-14-26(31-2)27(17-23)32-3)15-22(25)18-34-24-12-9-19-7-5-6-8-20(19)16-24/h5-17H,4,18H2,1-3H3,(H,29,30). The van der Waals surface area contributed by atoms with Gasteiger partial charge in [-0.1, -0.05) is 30.3 Å². The highest BCUT2D eigenvalue weighted by atomic mass is 16.5. The summed E-state index contributed by atoms with van der Waals surface area (Å²) in [7, 11) is 3.12. The molecule has 4 aromatic rings. The molecule has 1 amide bonds. The van der Waals surface area contributed by atoms with Crippen molar-refractivity contribution in [3.8, 4) is 23.0 Å². The number of carbonyl (C=O) groups excluding carboxylic acids is 1. The molecule has 0 bridgehead atoms. The molecule has 0 aliphatic rings. The number of ether oxygens (including phenoxy) is 4. The SMILES string of the molecule is CCOc1ccc(C(=O)Nc2ccc(OC)c(OC)c2)cc1COc1ccc2ccccc2c1. The number of methoxy groups -OCH3 is 2. The van der Waals surface area contributed by atoms with E-state index in [1.165, 1.54) is 0 Å². The van der Waals surface area contributed by atoms with Crippen LogP contribution < -0.4 is 24.3 Å². The van der Waals surface area contributed by atoms with Crippen molar-refractivity contribution in [1.29, 1.82) is 0 Å². The van der Waals surface area contributed by atoms with Gasteiger partial charge in [0.25, 0.3) is 5.91 Å². The van der Waals surface area contributed by atoms with E-state index in [2.05, 4.69) is 11.4 Å². The van der Waals surface area contributed by atoms with Gasteiger partial charge in [-0.25, -0.2) is 0 Å². The quantitative estimate of drug-likeness (QED) is 0.330. The first-order chi connectivity index (χ1) is 16.6. The second-order valence-corrected chi connectivity index (χ2v) is 7.58. The molecule has 0 radical (unpaired) electrons. The second-order valence-electron chi connectivity index (χ2n) is 7.58. The molecule has 1 N–H and O–H groups in total. The average molecular weight is 458 g/mol. The van der Waals surface area contributed by atoms with E-state index in [1.807, 2.05) is 43.3 Å². The Hall–Kier alpha value is -4.19. The van der Waals surface area contributed by atoms with Gasteiger partial charge in [-0.3, -0.25) is 4.79 Å². The van der Waals surface area contributed by atoms with E-state index in [0.29, 0.717) is 35.1 Å². The van der Waals surface area contributed by atoms with Gasteiger partial charge in [-0.15, -0.1) is 0 Å². The van der Waals surface area contributed by atoms with Gasteiger partial charge < -0.3 is 24.3 Å². The third-order valence-electron chi connectivity index (χ3n) is 5.38. The number of benzene rings is 4. The first-order valence-electron chi connectivity index (χ1n) is 11.0. The van der Waals surface area contributed by atoms with Gasteiger partial charge >= 0.3 is 0 Å². The van der Waals surface area contributed by atoms with Crippen LogP contribution in [0.15, 0.2) is 78.9 Å². The minimum Gasteiger partial charge on any atom is -0.493 e. The first kappa shape index (κ1) is 23.0. The highest BCUT2D eigenvalue weighted by Crippen LogP contribution is 2.30. The summed E-state index contributed by atoms with van der Waals surface area (Å²) in [5.74, 6) is 2.32. The lowest BCUT2D eigenvalue weighted by atomic mass is 10.1. The Labute approximate surface area is 199 Å². The zero-order chi connectivity index (χ0) is 23.9. The van der Waals surface area contributed by atoms with Crippen LogP contribution in [0, 0.1) is 0 Å². The van der Waals surface area contributed by atoms with Gasteiger partial charge in [-0.05, 0) is 60.2 Å². The Morgan fingerprint density at radius 3 is 2.29 bits per heavy atom. The number of hydrogen-bond donors (Lipinski definition) is 1. The fourth-order valence-electron chi connectivity index (χ4n) is 3.67. The summed E-state index contributed by atoms with van der Waals surface area (Å²) in [6, 6.07) is 24.6. The fraction of sp³-hybridized carbons (Fsp3) is 0.179. The van der Waals surface area contributed by atoms with Crippen molar-refractivity contribution in [2.45, 2.75) is 13.5 Å². The minimum absolute atomic E-state index is 0.248. The van der Waals surface area contributed by atoms with Gasteiger partial charge in [0.05, 0.1) is 20.8 Å². The maximum absolute atomic E-state index is 12.9. The van der Waals surface area contributed by atoms with E-state index >= 15 is 0 Å². The van der Waals surface area contributed by atoms with Gasteiger partial charge in [0, 0.05) is 22.9 Å². The summed E-state index contributed by atoms with van der Waals surface area (Å²) in [5, 5.41) is 5.16. The summed E-state index contributed by atoms with van der Waals surface area (Å²) in [6.07, 6.45) is 0. The van der Waals surface area contributed by atoms with E-state index in [-0.39, 0.29) is 12.5 Å². The summed E-state index contributed by atoms with van der Waals surface area (Å²) in [4.78, 5) is 12.9. The topological polar surface area (TPSA) is 66.0 Å². The predicted molar refractivity (Wildman–Crippen MR) is 133 cm³/mol. The van der Waals surface area contributed by atoms with E-state index in [4.69, 9.17) is 18.9 Å². The molecule has 0 saturated heterocycles. The Kier molecular flexibility index (Phi) is 7.18. The maximum atomic E-state index is 12.9. The van der Waals surface area contributed by atoms with Crippen molar-refractivity contribution in [2.24, 2.45) is 0 Å². The molecule has 0 aliphatic heterocycles. The highest BCUT2D eigenvalue weighted by molar-refractivity contribution is 6.04. The van der Waals surface area contributed by atoms with Gasteiger partial charge in [-0.2, -0.15) is 0 Å². The number of anilines is 1. The number of carbonyl (C=O) groups is 1. The molecule has 4 aromatic carbocycles. The number of fused-ring (bicyclic) bond motifs is 1. The number of amides is 1. The third kappa shape index (κ3) is 5.23. The predicted octanol–water partition coefficient (Wildman–Crippen LogP) is 6.09. The normalized spacial score (nSPS) is 10.6. The van der Waals surface area contributed by atoms with E-state index in [9.17, 15) is 4.79 Å². The minimum atomic E-state index is -0.248. The van der Waals surface area contributed by atoms with Crippen LogP contribution in [-0.4, -0.2) is 26.7 Å². The molecule has 0 fully saturated rings. The van der Waals surface area contributed by atoms with Crippen LogP contribution >= 0.6 is 0 Å². The molecule has 0 spiro atoms. The maximum Gasteiger partial charge on any atom is 0.255 e. The molecule has 0 aromatic heterocycles. The van der Waals surface area contributed by atoms with Crippen molar-refractivity contribution >= 4 is 22.4 Å². The van der Waals surface area contributed by atoms with Crippen LogP contribution in [0.25, 0.3) is 10.8 Å². The Morgan fingerprint density at radius 2 is 1.53 bits per heavy atom. The number of rotatable bonds is 9. The molecule has 174 valence electrons. The van der Waals surface area contributed by atoms with Crippen molar-refractivity contribution in [3.63, 3.8) is 0 Å². The van der Waals surface area contributed by atoms with Crippen LogP contribution in [0.2, 0.25) is 0 Å². The van der Waals surface area contributed by atoms with Crippen molar-refractivity contribution < 1.29 is 23.7 Å². The highest BCUT2D eigenvalue weighted by Gasteiger charge is 2.13. The number of nitrogens with one attached hydrogen (secondary N) is 1. The summed E-state index contributed by atoms with van der Waals surface area (Å²) < 4.78 is 22.4. The zero-order valence-corrected chi connectivity index (χ0v) is 19.5. The summed E-state index contributed by atoms with van der Waals surface area (Å²) in [5.41, 5.74) is 1.89. The molecule has 0 saturated carbocycles. The van der Waals surface area contributed by atoms with Crippen molar-refractivity contribution in [3.05, 3.63) is 90.0 Å². The Morgan fingerprint density at radius 1 is 0.765 bits per heavy atom. The molecule has 0 aliphatic carbocycles. The third-order valence-corrected chi connectivity index (χ3v) is 5.38. The molecule has 0 unspecified atom stereocenters. The van der Waals surface area contributed by atoms with Crippen LogP contribution in [0.1, 0.15) is 22.8 Å². The lowest BCUT2D eigenvalue weighted by molar-refractivity contribution is 0.102. The molecule has 6 nitrogen and oxygen atoms in total. The smallest absolute Gasteiger partial charge is 0.255 e. The molecule has 34 heavy (non-hydrogen) atoms. The molecular weight excluding hydrogens is 430 g/mol. The lowest BCUT2D eigenvalue weighted by Gasteiger charge is -2.14. The summed E-state index contributed by atoms with van der Waals surface area (Å²) in [6.45, 7) is 2.71. The monoisotopic (exact) mass is 457 g/mol. The zero-order valence-electron chi connectivity index (χ0n) is 19.5. The molecular formula is C28H27NO5. The largest absolute Gasteiger partial charge is 0.493 e. The lowest BCUT2D eigenvalue weighted by Crippen LogP contribution is -2.13. The van der Waals surface area contributed by atoms with E-state index in [0.717, 1.165) is 22.1 Å².